The van der Waals surface area contributed by atoms with Gasteiger partial charge in [-0.3, -0.25) is 4.79 Å². The van der Waals surface area contributed by atoms with E-state index in [2.05, 4.69) is 10.2 Å². The minimum atomic E-state index is -5.53. The van der Waals surface area contributed by atoms with Crippen LogP contribution < -0.4 is 14.8 Å². The summed E-state index contributed by atoms with van der Waals surface area (Å²) in [5, 5.41) is 3.02. The molecule has 5 nitrogen and oxygen atoms in total. The van der Waals surface area contributed by atoms with Crippen LogP contribution in [0, 0.1) is 0 Å². The molecule has 1 aromatic carbocycles. The number of hydrogen-bond donors (Lipinski definition) is 1. The van der Waals surface area contributed by atoms with Crippen molar-refractivity contribution in [1.29, 1.82) is 0 Å². The summed E-state index contributed by atoms with van der Waals surface area (Å²) in [4.78, 5) is 14.8. The van der Waals surface area contributed by atoms with Crippen LogP contribution in [0.25, 0.3) is 0 Å². The maximum atomic E-state index is 13.0. The highest BCUT2D eigenvalue weighted by Crippen LogP contribution is 2.39. The average molecular weight is 479 g/mol. The van der Waals surface area contributed by atoms with E-state index in [0.29, 0.717) is 37.7 Å². The Balaban J connectivity index is 1.48. The predicted octanol–water partition coefficient (Wildman–Crippen LogP) is 4.73. The summed E-state index contributed by atoms with van der Waals surface area (Å²) < 4.78 is 73.8. The molecule has 2 aliphatic rings. The average Bonchev–Trinajstić information content (AvgIpc) is 3.25. The number of nitrogens with zero attached hydrogens (tertiary/aromatic N) is 1. The van der Waals surface area contributed by atoms with Gasteiger partial charge >= 0.3 is 12.1 Å². The lowest BCUT2D eigenvalue weighted by atomic mass is 10.0. The van der Waals surface area contributed by atoms with E-state index in [0.717, 1.165) is 31.5 Å². The molecule has 2 aliphatic heterocycles. The zero-order valence-corrected chi connectivity index (χ0v) is 18.6. The number of nitrogens with one attached hydrogen (secondary N) is 1. The first-order chi connectivity index (χ1) is 15.6. The third-order valence-electron chi connectivity index (χ3n) is 5.94. The molecule has 1 amide bonds. The number of halogens is 5. The van der Waals surface area contributed by atoms with Gasteiger partial charge in [0.2, 0.25) is 5.91 Å². The maximum absolute atomic E-state index is 13.0. The number of carbonyl (C=O) groups is 1. The van der Waals surface area contributed by atoms with E-state index >= 15 is 0 Å². The monoisotopic (exact) mass is 478 g/mol. The summed E-state index contributed by atoms with van der Waals surface area (Å²) in [6.45, 7) is 3.63. The number of carbonyl (C=O) groups excluding carboxylic acids is 1. The number of alkyl halides is 5. The number of hydrogen-bond acceptors (Lipinski definition) is 4. The Hall–Kier alpha value is -2.10. The second kappa shape index (κ2) is 11.4. The Morgan fingerprint density at radius 1 is 1.00 bits per heavy atom. The van der Waals surface area contributed by atoms with Crippen molar-refractivity contribution in [3.05, 3.63) is 23.8 Å². The molecular formula is C23H31F5N2O3. The lowest BCUT2D eigenvalue weighted by Crippen LogP contribution is -2.44. The van der Waals surface area contributed by atoms with E-state index in [4.69, 9.17) is 9.47 Å². The molecule has 33 heavy (non-hydrogen) atoms. The smallest absolute Gasteiger partial charge is 0.453 e. The summed E-state index contributed by atoms with van der Waals surface area (Å²) in [5.41, 5.74) is 0.998. The second-order valence-corrected chi connectivity index (χ2v) is 8.72. The largest absolute Gasteiger partial charge is 0.486 e. The van der Waals surface area contributed by atoms with Crippen molar-refractivity contribution in [1.82, 2.24) is 10.2 Å². The quantitative estimate of drug-likeness (QED) is 0.369. The molecule has 0 aromatic heterocycles. The van der Waals surface area contributed by atoms with Gasteiger partial charge in [0.1, 0.15) is 13.2 Å². The molecule has 0 bridgehead atoms. The van der Waals surface area contributed by atoms with Crippen LogP contribution in [0.15, 0.2) is 18.2 Å². The summed E-state index contributed by atoms with van der Waals surface area (Å²) in [6.07, 6.45) is -3.74. The third-order valence-corrected chi connectivity index (χ3v) is 5.94. The van der Waals surface area contributed by atoms with Gasteiger partial charge in [-0.25, -0.2) is 0 Å². The van der Waals surface area contributed by atoms with Crippen molar-refractivity contribution in [2.45, 2.75) is 69.5 Å². The molecule has 0 spiro atoms. The summed E-state index contributed by atoms with van der Waals surface area (Å²) in [5.74, 6) is -3.53. The first kappa shape index (κ1) is 25.5. The summed E-state index contributed by atoms with van der Waals surface area (Å²) in [7, 11) is 0. The molecule has 10 heteroatoms. The molecule has 1 N–H and O–H groups in total. The van der Waals surface area contributed by atoms with E-state index < -0.39 is 18.5 Å². The predicted molar refractivity (Wildman–Crippen MR) is 113 cm³/mol. The summed E-state index contributed by atoms with van der Waals surface area (Å²) >= 11 is 0. The Bertz CT molecular complexity index is 782. The molecule has 1 aromatic rings. The van der Waals surface area contributed by atoms with E-state index in [1.807, 2.05) is 18.2 Å². The highest BCUT2D eigenvalue weighted by atomic mass is 19.4. The molecule has 1 saturated heterocycles. The molecular weight excluding hydrogens is 447 g/mol. The minimum absolute atomic E-state index is 0.0925. The molecule has 1 atom stereocenters. The highest BCUT2D eigenvalue weighted by molar-refractivity contribution is 5.76. The normalized spacial score (nSPS) is 17.7. The zero-order valence-electron chi connectivity index (χ0n) is 18.6. The number of rotatable bonds is 11. The van der Waals surface area contributed by atoms with E-state index in [-0.39, 0.29) is 37.6 Å². The van der Waals surface area contributed by atoms with Crippen molar-refractivity contribution in [2.24, 2.45) is 0 Å². The van der Waals surface area contributed by atoms with Gasteiger partial charge in [-0.15, -0.1) is 0 Å². The lowest BCUT2D eigenvalue weighted by molar-refractivity contribution is -0.284. The molecule has 0 aliphatic carbocycles. The van der Waals surface area contributed by atoms with Crippen molar-refractivity contribution in [3.63, 3.8) is 0 Å². The molecule has 0 unspecified atom stereocenters. The fourth-order valence-electron chi connectivity index (χ4n) is 4.19. The molecule has 0 saturated carbocycles. The first-order valence-electron chi connectivity index (χ1n) is 11.5. The van der Waals surface area contributed by atoms with Crippen LogP contribution >= 0.6 is 0 Å². The highest BCUT2D eigenvalue weighted by Gasteiger charge is 2.56. The number of benzene rings is 1. The molecule has 0 radical (unpaired) electrons. The van der Waals surface area contributed by atoms with Crippen LogP contribution in [-0.2, 0) is 11.2 Å². The SMILES string of the molecule is O=C(CCCCCC(F)(F)C(F)(F)F)N[C@@H](Cc1ccc2c(c1)OCCO2)CN1CCCC1. The van der Waals surface area contributed by atoms with Crippen LogP contribution in [-0.4, -0.2) is 61.8 Å². The lowest BCUT2D eigenvalue weighted by Gasteiger charge is -2.25. The van der Waals surface area contributed by atoms with E-state index in [1.165, 1.54) is 0 Å². The van der Waals surface area contributed by atoms with Gasteiger partial charge in [0.05, 0.1) is 0 Å². The van der Waals surface area contributed by atoms with Crippen molar-refractivity contribution in [3.8, 4) is 11.5 Å². The topological polar surface area (TPSA) is 50.8 Å². The third kappa shape index (κ3) is 7.72. The van der Waals surface area contributed by atoms with Crippen LogP contribution in [0.4, 0.5) is 22.0 Å². The fourth-order valence-corrected chi connectivity index (χ4v) is 4.19. The Morgan fingerprint density at radius 3 is 2.39 bits per heavy atom. The van der Waals surface area contributed by atoms with Crippen molar-refractivity contribution in [2.75, 3.05) is 32.8 Å². The standard InChI is InChI=1S/C23H31F5N2O3/c24-22(25,23(26,27)28)9-3-1-2-6-21(31)29-18(16-30-10-4-5-11-30)14-17-7-8-19-20(15-17)33-13-12-32-19/h7-8,15,18H,1-6,9-14,16H2,(H,29,31)/t18-/m0/s1. The Labute approximate surface area is 190 Å². The fraction of sp³-hybridized carbons (Fsp3) is 0.696. The van der Waals surface area contributed by atoms with Crippen LogP contribution in [0.3, 0.4) is 0 Å². The van der Waals surface area contributed by atoms with E-state index in [1.54, 1.807) is 0 Å². The molecule has 1 fully saturated rings. The van der Waals surface area contributed by atoms with Crippen LogP contribution in [0.2, 0.25) is 0 Å². The van der Waals surface area contributed by atoms with E-state index in [9.17, 15) is 26.7 Å². The van der Waals surface area contributed by atoms with Gasteiger partial charge in [0, 0.05) is 25.4 Å². The minimum Gasteiger partial charge on any atom is -0.486 e. The summed E-state index contributed by atoms with van der Waals surface area (Å²) in [6, 6.07) is 5.57. The maximum Gasteiger partial charge on any atom is 0.453 e. The number of likely N-dealkylation sites (tertiary alicyclic amines) is 1. The van der Waals surface area contributed by atoms with Gasteiger partial charge in [0.15, 0.2) is 11.5 Å². The number of unbranched alkanes of at least 4 members (excludes halogenated alkanes) is 2. The Kier molecular flexibility index (Phi) is 8.78. The van der Waals surface area contributed by atoms with Gasteiger partial charge < -0.3 is 19.7 Å². The molecule has 3 rings (SSSR count). The molecule has 186 valence electrons. The van der Waals surface area contributed by atoms with Crippen LogP contribution in [0.1, 0.15) is 50.5 Å². The van der Waals surface area contributed by atoms with Crippen molar-refractivity contribution >= 4 is 5.91 Å². The van der Waals surface area contributed by atoms with Gasteiger partial charge in [-0.2, -0.15) is 22.0 Å². The Morgan fingerprint density at radius 2 is 1.70 bits per heavy atom. The number of amides is 1. The number of ether oxygens (including phenoxy) is 2. The van der Waals surface area contributed by atoms with Gasteiger partial charge in [-0.1, -0.05) is 12.5 Å². The second-order valence-electron chi connectivity index (χ2n) is 8.72. The molecule has 2 heterocycles. The zero-order chi connectivity index (χ0) is 23.9. The van der Waals surface area contributed by atoms with Gasteiger partial charge in [0.25, 0.3) is 0 Å². The van der Waals surface area contributed by atoms with Crippen molar-refractivity contribution < 1.29 is 36.2 Å². The number of fused-ring (bicyclic) bond motifs is 1. The first-order valence-corrected chi connectivity index (χ1v) is 11.5. The van der Waals surface area contributed by atoms with Gasteiger partial charge in [-0.05, 0) is 62.9 Å². The van der Waals surface area contributed by atoms with Crippen LogP contribution in [0.5, 0.6) is 11.5 Å².